The quantitative estimate of drug-likeness (QED) is 0.610. The zero-order chi connectivity index (χ0) is 12.3. The smallest absolute Gasteiger partial charge is 0.219 e. The Kier molecular flexibility index (Phi) is 4.57. The van der Waals surface area contributed by atoms with Crippen molar-refractivity contribution in [3.8, 4) is 0 Å². The maximum absolute atomic E-state index is 10.3. The van der Waals surface area contributed by atoms with Crippen LogP contribution in [-0.4, -0.2) is 24.4 Å². The molecule has 0 atom stereocenters. The SMILES string of the molecule is CC(C)(C)C1(C)C=C1.CCN(C)C(C)=O. The predicted molar refractivity (Wildman–Crippen MR) is 65.7 cm³/mol. The number of carbonyl (C=O) groups is 1. The standard InChI is InChI=1S/C8H14.C5H11NO/c1-7(2,3)8(4)5-6-8;1-4-6(3)5(2)7/h5-6H,1-4H3;4H2,1-3H3. The molecule has 88 valence electrons. The van der Waals surface area contributed by atoms with Crippen molar-refractivity contribution in [3.05, 3.63) is 12.2 Å². The summed E-state index contributed by atoms with van der Waals surface area (Å²) in [7, 11) is 1.78. The lowest BCUT2D eigenvalue weighted by Crippen LogP contribution is -2.22. The molecule has 0 aliphatic heterocycles. The fourth-order valence-corrected chi connectivity index (χ4v) is 0.848. The molecule has 0 N–H and O–H groups in total. The maximum atomic E-state index is 10.3. The first-order valence-electron chi connectivity index (χ1n) is 5.56. The topological polar surface area (TPSA) is 20.3 Å². The highest BCUT2D eigenvalue weighted by molar-refractivity contribution is 5.72. The molecule has 1 rings (SSSR count). The number of carbonyl (C=O) groups excluding carboxylic acids is 1. The summed E-state index contributed by atoms with van der Waals surface area (Å²) >= 11 is 0. The van der Waals surface area contributed by atoms with E-state index in [1.807, 2.05) is 6.92 Å². The molecule has 1 amide bonds. The van der Waals surface area contributed by atoms with Gasteiger partial charge in [0.1, 0.15) is 0 Å². The molecule has 0 aromatic carbocycles. The van der Waals surface area contributed by atoms with E-state index >= 15 is 0 Å². The Morgan fingerprint density at radius 3 is 1.73 bits per heavy atom. The molecule has 0 aromatic rings. The summed E-state index contributed by atoms with van der Waals surface area (Å²) in [5.41, 5.74) is 0.875. The van der Waals surface area contributed by atoms with Crippen LogP contribution in [0.1, 0.15) is 41.5 Å². The third kappa shape index (κ3) is 4.50. The largest absolute Gasteiger partial charge is 0.346 e. The van der Waals surface area contributed by atoms with Gasteiger partial charge in [0.25, 0.3) is 0 Å². The Labute approximate surface area is 94.4 Å². The van der Waals surface area contributed by atoms with Crippen LogP contribution in [0.4, 0.5) is 0 Å². The number of rotatable bonds is 1. The molecule has 0 radical (unpaired) electrons. The molecule has 2 nitrogen and oxygen atoms in total. The summed E-state index contributed by atoms with van der Waals surface area (Å²) in [5, 5.41) is 0. The normalized spacial score (nSPS) is 16.5. The molecule has 0 saturated heterocycles. The van der Waals surface area contributed by atoms with Gasteiger partial charge in [-0.1, -0.05) is 39.8 Å². The van der Waals surface area contributed by atoms with Crippen molar-refractivity contribution >= 4 is 5.91 Å². The third-order valence-electron chi connectivity index (χ3n) is 3.29. The number of nitrogens with zero attached hydrogens (tertiary/aromatic N) is 1. The minimum atomic E-state index is 0.127. The van der Waals surface area contributed by atoms with Crippen molar-refractivity contribution in [3.63, 3.8) is 0 Å². The van der Waals surface area contributed by atoms with E-state index in [2.05, 4.69) is 39.8 Å². The second-order valence-electron chi connectivity index (χ2n) is 5.40. The van der Waals surface area contributed by atoms with E-state index in [1.165, 1.54) is 0 Å². The first-order chi connectivity index (χ1) is 6.64. The highest BCUT2D eigenvalue weighted by Crippen LogP contribution is 2.49. The van der Waals surface area contributed by atoms with Gasteiger partial charge in [-0.2, -0.15) is 0 Å². The summed E-state index contributed by atoms with van der Waals surface area (Å²) in [6.07, 6.45) is 4.54. The van der Waals surface area contributed by atoms with Crippen molar-refractivity contribution < 1.29 is 4.79 Å². The third-order valence-corrected chi connectivity index (χ3v) is 3.29. The molecule has 2 heteroatoms. The van der Waals surface area contributed by atoms with Gasteiger partial charge in [0.15, 0.2) is 0 Å². The molecule has 0 heterocycles. The van der Waals surface area contributed by atoms with Gasteiger partial charge >= 0.3 is 0 Å². The van der Waals surface area contributed by atoms with Crippen LogP contribution in [0.15, 0.2) is 12.2 Å². The fourth-order valence-electron chi connectivity index (χ4n) is 0.848. The zero-order valence-corrected chi connectivity index (χ0v) is 11.2. The van der Waals surface area contributed by atoms with Gasteiger partial charge in [-0.25, -0.2) is 0 Å². The molecule has 0 aromatic heterocycles. The van der Waals surface area contributed by atoms with Gasteiger partial charge in [-0.3, -0.25) is 4.79 Å². The molecule has 0 unspecified atom stereocenters. The van der Waals surface area contributed by atoms with Gasteiger partial charge in [-0.05, 0) is 12.3 Å². The zero-order valence-electron chi connectivity index (χ0n) is 11.2. The molecule has 0 spiro atoms. The van der Waals surface area contributed by atoms with E-state index in [4.69, 9.17) is 0 Å². The molecule has 1 aliphatic carbocycles. The maximum Gasteiger partial charge on any atom is 0.219 e. The van der Waals surface area contributed by atoms with E-state index in [9.17, 15) is 4.79 Å². The van der Waals surface area contributed by atoms with Crippen LogP contribution < -0.4 is 0 Å². The van der Waals surface area contributed by atoms with Crippen LogP contribution in [0, 0.1) is 10.8 Å². The van der Waals surface area contributed by atoms with E-state index in [0.717, 1.165) is 6.54 Å². The fraction of sp³-hybridized carbons (Fsp3) is 0.769. The lowest BCUT2D eigenvalue weighted by molar-refractivity contribution is -0.127. The van der Waals surface area contributed by atoms with Crippen LogP contribution in [0.2, 0.25) is 0 Å². The monoisotopic (exact) mass is 211 g/mol. The lowest BCUT2D eigenvalue weighted by atomic mass is 9.77. The number of hydrogen-bond acceptors (Lipinski definition) is 1. The lowest BCUT2D eigenvalue weighted by Gasteiger charge is -2.27. The van der Waals surface area contributed by atoms with E-state index < -0.39 is 0 Å². The Hall–Kier alpha value is -0.790. The van der Waals surface area contributed by atoms with Crippen LogP contribution in [0.25, 0.3) is 0 Å². The molecule has 0 bridgehead atoms. The highest BCUT2D eigenvalue weighted by Gasteiger charge is 2.39. The summed E-state index contributed by atoms with van der Waals surface area (Å²) in [4.78, 5) is 12.0. The summed E-state index contributed by atoms with van der Waals surface area (Å²) in [6.45, 7) is 13.4. The molecule has 1 aliphatic rings. The second kappa shape index (κ2) is 4.82. The Morgan fingerprint density at radius 1 is 1.33 bits per heavy atom. The predicted octanol–water partition coefficient (Wildman–Crippen LogP) is 3.09. The van der Waals surface area contributed by atoms with Crippen molar-refractivity contribution in [1.82, 2.24) is 4.90 Å². The second-order valence-corrected chi connectivity index (χ2v) is 5.40. The Morgan fingerprint density at radius 2 is 1.73 bits per heavy atom. The van der Waals surface area contributed by atoms with Crippen LogP contribution in [0.3, 0.4) is 0 Å². The van der Waals surface area contributed by atoms with Crippen molar-refractivity contribution in [2.24, 2.45) is 10.8 Å². The molecular formula is C13H25NO. The van der Waals surface area contributed by atoms with Gasteiger partial charge in [0.05, 0.1) is 0 Å². The first-order valence-corrected chi connectivity index (χ1v) is 5.56. The molecular weight excluding hydrogens is 186 g/mol. The number of allylic oxidation sites excluding steroid dienone is 2. The molecule has 15 heavy (non-hydrogen) atoms. The minimum absolute atomic E-state index is 0.127. The number of hydrogen-bond donors (Lipinski definition) is 0. The average Bonchev–Trinajstić information content (AvgIpc) is 2.83. The summed E-state index contributed by atoms with van der Waals surface area (Å²) < 4.78 is 0. The first kappa shape index (κ1) is 14.2. The number of amides is 1. The van der Waals surface area contributed by atoms with Crippen molar-refractivity contribution in [2.75, 3.05) is 13.6 Å². The van der Waals surface area contributed by atoms with Crippen molar-refractivity contribution in [2.45, 2.75) is 41.5 Å². The Bertz CT molecular complexity index is 239. The van der Waals surface area contributed by atoms with Crippen LogP contribution in [-0.2, 0) is 4.79 Å². The van der Waals surface area contributed by atoms with E-state index in [1.54, 1.807) is 18.9 Å². The van der Waals surface area contributed by atoms with Crippen LogP contribution >= 0.6 is 0 Å². The van der Waals surface area contributed by atoms with Crippen molar-refractivity contribution in [1.29, 1.82) is 0 Å². The molecule has 0 fully saturated rings. The summed E-state index contributed by atoms with van der Waals surface area (Å²) in [6, 6.07) is 0. The van der Waals surface area contributed by atoms with E-state index in [-0.39, 0.29) is 5.91 Å². The van der Waals surface area contributed by atoms with Gasteiger partial charge < -0.3 is 4.90 Å². The Balaban J connectivity index is 0.000000265. The van der Waals surface area contributed by atoms with Gasteiger partial charge in [0, 0.05) is 25.9 Å². The summed E-state index contributed by atoms with van der Waals surface area (Å²) in [5.74, 6) is 0.127. The highest BCUT2D eigenvalue weighted by atomic mass is 16.2. The van der Waals surface area contributed by atoms with Crippen LogP contribution in [0.5, 0.6) is 0 Å². The average molecular weight is 211 g/mol. The van der Waals surface area contributed by atoms with Gasteiger partial charge in [-0.15, -0.1) is 0 Å². The van der Waals surface area contributed by atoms with E-state index in [0.29, 0.717) is 10.8 Å². The minimum Gasteiger partial charge on any atom is -0.346 e. The molecule has 0 saturated carbocycles. The van der Waals surface area contributed by atoms with Gasteiger partial charge in [0.2, 0.25) is 5.91 Å².